The van der Waals surface area contributed by atoms with Crippen LogP contribution in [0.4, 0.5) is 10.5 Å². The number of hydrogen-bond donors (Lipinski definition) is 0. The largest absolute Gasteiger partial charge is 0.445 e. The van der Waals surface area contributed by atoms with Gasteiger partial charge in [0.2, 0.25) is 0 Å². The lowest BCUT2D eigenvalue weighted by atomic mass is 10.2. The van der Waals surface area contributed by atoms with Crippen LogP contribution >= 0.6 is 0 Å². The Morgan fingerprint density at radius 1 is 1.00 bits per heavy atom. The Labute approximate surface area is 130 Å². The lowest BCUT2D eigenvalue weighted by Crippen LogP contribution is -2.48. The second-order valence-corrected chi connectivity index (χ2v) is 5.22. The number of piperazine rings is 1. The van der Waals surface area contributed by atoms with Gasteiger partial charge in [-0.2, -0.15) is 0 Å². The maximum Gasteiger partial charge on any atom is 0.410 e. The molecule has 0 aliphatic carbocycles. The molecule has 114 valence electrons. The van der Waals surface area contributed by atoms with Crippen molar-refractivity contribution in [3.05, 3.63) is 60.4 Å². The van der Waals surface area contributed by atoms with Crippen LogP contribution in [0.5, 0.6) is 0 Å². The molecule has 0 atom stereocenters. The van der Waals surface area contributed by atoms with Crippen LogP contribution in [0.2, 0.25) is 0 Å². The molecule has 0 unspecified atom stereocenters. The summed E-state index contributed by atoms with van der Waals surface area (Å²) in [7, 11) is 0. The fourth-order valence-corrected chi connectivity index (χ4v) is 2.51. The molecule has 1 aromatic heterocycles. The summed E-state index contributed by atoms with van der Waals surface area (Å²) in [5, 5.41) is 0. The molecular formula is C17H19N3O2. The van der Waals surface area contributed by atoms with Gasteiger partial charge in [-0.1, -0.05) is 30.3 Å². The zero-order valence-electron chi connectivity index (χ0n) is 12.4. The maximum atomic E-state index is 12.1. The molecule has 1 aliphatic rings. The van der Waals surface area contributed by atoms with Crippen molar-refractivity contribution in [3.63, 3.8) is 0 Å². The van der Waals surface area contributed by atoms with E-state index in [9.17, 15) is 4.79 Å². The van der Waals surface area contributed by atoms with Gasteiger partial charge in [0.1, 0.15) is 6.61 Å². The number of hydrogen-bond acceptors (Lipinski definition) is 4. The number of nitrogens with zero attached hydrogens (tertiary/aromatic N) is 3. The highest BCUT2D eigenvalue weighted by Gasteiger charge is 2.22. The van der Waals surface area contributed by atoms with Crippen molar-refractivity contribution in [2.24, 2.45) is 0 Å². The van der Waals surface area contributed by atoms with Crippen LogP contribution in [0.1, 0.15) is 5.56 Å². The van der Waals surface area contributed by atoms with Crippen LogP contribution in [0.3, 0.4) is 0 Å². The summed E-state index contributed by atoms with van der Waals surface area (Å²) < 4.78 is 5.37. The summed E-state index contributed by atoms with van der Waals surface area (Å²) in [5.74, 6) is 0. The highest BCUT2D eigenvalue weighted by molar-refractivity contribution is 5.68. The summed E-state index contributed by atoms with van der Waals surface area (Å²) in [6.45, 7) is 3.30. The van der Waals surface area contributed by atoms with Crippen LogP contribution < -0.4 is 4.90 Å². The van der Waals surface area contributed by atoms with Crippen molar-refractivity contribution >= 4 is 11.8 Å². The Morgan fingerprint density at radius 2 is 1.68 bits per heavy atom. The molecule has 1 amide bonds. The Bertz CT molecular complexity index is 596. The standard InChI is InChI=1S/C17H19N3O2/c21-17(22-14-15-4-2-1-3-5-15)20-12-10-19(11-13-20)16-6-8-18-9-7-16/h1-9H,10-14H2. The Hall–Kier alpha value is -2.56. The highest BCUT2D eigenvalue weighted by atomic mass is 16.6. The molecule has 1 fully saturated rings. The number of aromatic nitrogens is 1. The first kappa shape index (κ1) is 14.4. The van der Waals surface area contributed by atoms with E-state index in [1.54, 1.807) is 17.3 Å². The van der Waals surface area contributed by atoms with E-state index in [4.69, 9.17) is 4.74 Å². The van der Waals surface area contributed by atoms with E-state index in [0.29, 0.717) is 19.7 Å². The van der Waals surface area contributed by atoms with Crippen LogP contribution in [0.25, 0.3) is 0 Å². The SMILES string of the molecule is O=C(OCc1ccccc1)N1CCN(c2ccncc2)CC1. The van der Waals surface area contributed by atoms with Gasteiger partial charge in [-0.3, -0.25) is 4.98 Å². The fourth-order valence-electron chi connectivity index (χ4n) is 2.51. The van der Waals surface area contributed by atoms with Crippen molar-refractivity contribution in [1.82, 2.24) is 9.88 Å². The molecular weight excluding hydrogens is 278 g/mol. The van der Waals surface area contributed by atoms with Gasteiger partial charge >= 0.3 is 6.09 Å². The molecule has 0 spiro atoms. The minimum Gasteiger partial charge on any atom is -0.445 e. The summed E-state index contributed by atoms with van der Waals surface area (Å²) in [5.41, 5.74) is 2.15. The zero-order valence-corrected chi connectivity index (χ0v) is 12.4. The first-order chi connectivity index (χ1) is 10.8. The minimum atomic E-state index is -0.238. The van der Waals surface area contributed by atoms with Crippen molar-refractivity contribution in [3.8, 4) is 0 Å². The van der Waals surface area contributed by atoms with Crippen molar-refractivity contribution in [2.75, 3.05) is 31.1 Å². The third-order valence-corrected chi connectivity index (χ3v) is 3.77. The van der Waals surface area contributed by atoms with E-state index in [1.807, 2.05) is 42.5 Å². The second kappa shape index (κ2) is 6.93. The van der Waals surface area contributed by atoms with Crippen molar-refractivity contribution in [2.45, 2.75) is 6.61 Å². The second-order valence-electron chi connectivity index (χ2n) is 5.22. The first-order valence-electron chi connectivity index (χ1n) is 7.43. The van der Waals surface area contributed by atoms with Crippen LogP contribution in [0, 0.1) is 0 Å². The third kappa shape index (κ3) is 3.55. The molecule has 2 aromatic rings. The molecule has 5 nitrogen and oxygen atoms in total. The first-order valence-corrected chi connectivity index (χ1v) is 7.43. The number of carbonyl (C=O) groups excluding carboxylic acids is 1. The number of pyridine rings is 1. The quantitative estimate of drug-likeness (QED) is 0.873. The molecule has 0 N–H and O–H groups in total. The van der Waals surface area contributed by atoms with Gasteiger partial charge in [-0.05, 0) is 17.7 Å². The van der Waals surface area contributed by atoms with Crippen LogP contribution in [-0.2, 0) is 11.3 Å². The number of anilines is 1. The average Bonchev–Trinajstić information content (AvgIpc) is 2.61. The van der Waals surface area contributed by atoms with E-state index in [2.05, 4.69) is 9.88 Å². The average molecular weight is 297 g/mol. The normalized spacial score (nSPS) is 14.7. The van der Waals surface area contributed by atoms with E-state index in [0.717, 1.165) is 24.3 Å². The monoisotopic (exact) mass is 297 g/mol. The zero-order chi connectivity index (χ0) is 15.2. The summed E-state index contributed by atoms with van der Waals surface area (Å²) in [6.07, 6.45) is 3.34. The molecule has 5 heteroatoms. The van der Waals surface area contributed by atoms with Gasteiger partial charge in [0, 0.05) is 44.3 Å². The summed E-state index contributed by atoms with van der Waals surface area (Å²) in [4.78, 5) is 20.1. The van der Waals surface area contributed by atoms with Crippen molar-refractivity contribution in [1.29, 1.82) is 0 Å². The highest BCUT2D eigenvalue weighted by Crippen LogP contribution is 2.15. The Morgan fingerprint density at radius 3 is 2.36 bits per heavy atom. The van der Waals surface area contributed by atoms with Crippen LogP contribution in [0.15, 0.2) is 54.9 Å². The van der Waals surface area contributed by atoms with Gasteiger partial charge in [-0.25, -0.2) is 4.79 Å². The molecule has 1 aromatic carbocycles. The van der Waals surface area contributed by atoms with Gasteiger partial charge in [0.05, 0.1) is 0 Å². The molecule has 2 heterocycles. The Balaban J connectivity index is 1.48. The van der Waals surface area contributed by atoms with Crippen molar-refractivity contribution < 1.29 is 9.53 Å². The molecule has 0 bridgehead atoms. The van der Waals surface area contributed by atoms with Gasteiger partial charge < -0.3 is 14.5 Å². The van der Waals surface area contributed by atoms with E-state index >= 15 is 0 Å². The van der Waals surface area contributed by atoms with Crippen LogP contribution in [-0.4, -0.2) is 42.2 Å². The molecule has 0 radical (unpaired) electrons. The molecule has 0 saturated carbocycles. The molecule has 3 rings (SSSR count). The number of ether oxygens (including phenoxy) is 1. The number of benzene rings is 1. The fraction of sp³-hybridized carbons (Fsp3) is 0.294. The summed E-state index contributed by atoms with van der Waals surface area (Å²) >= 11 is 0. The number of carbonyl (C=O) groups is 1. The molecule has 1 saturated heterocycles. The van der Waals surface area contributed by atoms with Gasteiger partial charge in [0.15, 0.2) is 0 Å². The van der Waals surface area contributed by atoms with E-state index < -0.39 is 0 Å². The topological polar surface area (TPSA) is 45.7 Å². The van der Waals surface area contributed by atoms with Gasteiger partial charge in [0.25, 0.3) is 0 Å². The third-order valence-electron chi connectivity index (χ3n) is 3.77. The van der Waals surface area contributed by atoms with E-state index in [-0.39, 0.29) is 6.09 Å². The predicted octanol–water partition coefficient (Wildman–Crippen LogP) is 2.54. The minimum absolute atomic E-state index is 0.238. The van der Waals surface area contributed by atoms with E-state index in [1.165, 1.54) is 0 Å². The Kier molecular flexibility index (Phi) is 4.53. The summed E-state index contributed by atoms with van der Waals surface area (Å²) in [6, 6.07) is 13.7. The predicted molar refractivity (Wildman–Crippen MR) is 84.7 cm³/mol. The number of amides is 1. The molecule has 22 heavy (non-hydrogen) atoms. The number of rotatable bonds is 3. The lowest BCUT2D eigenvalue weighted by Gasteiger charge is -2.35. The maximum absolute atomic E-state index is 12.1. The van der Waals surface area contributed by atoms with Gasteiger partial charge in [-0.15, -0.1) is 0 Å². The smallest absolute Gasteiger partial charge is 0.410 e. The molecule has 1 aliphatic heterocycles. The lowest BCUT2D eigenvalue weighted by molar-refractivity contribution is 0.0942.